The van der Waals surface area contributed by atoms with E-state index in [1.807, 2.05) is 0 Å². The zero-order chi connectivity index (χ0) is 21.5. The molecule has 2 aromatic rings. The summed E-state index contributed by atoms with van der Waals surface area (Å²) >= 11 is 0. The fraction of sp³-hybridized carbons (Fsp3) is 0.381. The molecule has 6 nitrogen and oxygen atoms in total. The minimum absolute atomic E-state index is 0.0431. The predicted octanol–water partition coefficient (Wildman–Crippen LogP) is 3.33. The van der Waals surface area contributed by atoms with Crippen LogP contribution in [0.1, 0.15) is 30.9 Å². The number of anilines is 1. The van der Waals surface area contributed by atoms with Crippen molar-refractivity contribution in [3.63, 3.8) is 0 Å². The third-order valence-corrected chi connectivity index (χ3v) is 5.27. The summed E-state index contributed by atoms with van der Waals surface area (Å²) in [5.74, 6) is 5.08. The summed E-state index contributed by atoms with van der Waals surface area (Å²) < 4.78 is 44.8. The van der Waals surface area contributed by atoms with E-state index in [-0.39, 0.29) is 35.8 Å². The molecular formula is C21H19F3N4O2. The number of amides is 2. The molecule has 0 radical (unpaired) electrons. The first-order chi connectivity index (χ1) is 14.3. The molecule has 0 saturated heterocycles. The summed E-state index contributed by atoms with van der Waals surface area (Å²) in [7, 11) is 0. The minimum atomic E-state index is -4.79. The van der Waals surface area contributed by atoms with Crippen molar-refractivity contribution in [2.45, 2.75) is 38.0 Å². The molecular weight excluding hydrogens is 397 g/mol. The van der Waals surface area contributed by atoms with Crippen LogP contribution in [0.4, 0.5) is 23.7 Å². The minimum Gasteiger partial charge on any atom is -0.307 e. The zero-order valence-corrected chi connectivity index (χ0v) is 16.2. The van der Waals surface area contributed by atoms with Crippen molar-refractivity contribution in [2.75, 3.05) is 11.9 Å². The SMILES string of the molecule is CCN1C(=O)Nc2cc(Cn3cnccc3=O)ccc2[C@@]1(C#CC1CC1)C(F)(F)F. The first-order valence-corrected chi connectivity index (χ1v) is 9.58. The third kappa shape index (κ3) is 3.32. The molecule has 1 aromatic heterocycles. The summed E-state index contributed by atoms with van der Waals surface area (Å²) in [4.78, 5) is 29.1. The van der Waals surface area contributed by atoms with Crippen molar-refractivity contribution in [3.8, 4) is 11.8 Å². The summed E-state index contributed by atoms with van der Waals surface area (Å²) in [6.07, 6.45) is -0.545. The lowest BCUT2D eigenvalue weighted by Gasteiger charge is -2.45. The average Bonchev–Trinajstić information content (AvgIpc) is 3.51. The van der Waals surface area contributed by atoms with Crippen LogP contribution in [0.15, 0.2) is 41.6 Å². The molecule has 1 aliphatic heterocycles. The van der Waals surface area contributed by atoms with E-state index >= 15 is 0 Å². The molecule has 156 valence electrons. The van der Waals surface area contributed by atoms with Gasteiger partial charge in [-0.25, -0.2) is 9.78 Å². The molecule has 2 amide bonds. The van der Waals surface area contributed by atoms with Crippen molar-refractivity contribution in [3.05, 3.63) is 58.3 Å². The fourth-order valence-corrected chi connectivity index (χ4v) is 3.61. The smallest absolute Gasteiger partial charge is 0.307 e. The van der Waals surface area contributed by atoms with Crippen LogP contribution in [0.25, 0.3) is 0 Å². The molecule has 1 aromatic carbocycles. The number of fused-ring (bicyclic) bond motifs is 1. The van der Waals surface area contributed by atoms with Crippen LogP contribution >= 0.6 is 0 Å². The van der Waals surface area contributed by atoms with Gasteiger partial charge in [0.15, 0.2) is 0 Å². The second kappa shape index (κ2) is 7.20. The van der Waals surface area contributed by atoms with Crippen molar-refractivity contribution >= 4 is 11.7 Å². The quantitative estimate of drug-likeness (QED) is 0.781. The Bertz CT molecular complexity index is 1110. The van der Waals surface area contributed by atoms with E-state index in [2.05, 4.69) is 22.1 Å². The number of rotatable bonds is 3. The number of halogens is 3. The number of benzene rings is 1. The van der Waals surface area contributed by atoms with Gasteiger partial charge in [-0.1, -0.05) is 24.0 Å². The summed E-state index contributed by atoms with van der Waals surface area (Å²) in [5, 5.41) is 2.55. The summed E-state index contributed by atoms with van der Waals surface area (Å²) in [6.45, 7) is 1.45. The maximum Gasteiger partial charge on any atom is 0.427 e. The van der Waals surface area contributed by atoms with Gasteiger partial charge in [0.1, 0.15) is 0 Å². The van der Waals surface area contributed by atoms with E-state index in [4.69, 9.17) is 0 Å². The normalized spacial score (nSPS) is 20.8. The highest BCUT2D eigenvalue weighted by atomic mass is 19.4. The largest absolute Gasteiger partial charge is 0.427 e. The van der Waals surface area contributed by atoms with Crippen LogP contribution in [0, 0.1) is 17.8 Å². The molecule has 9 heteroatoms. The molecule has 1 atom stereocenters. The average molecular weight is 416 g/mol. The van der Waals surface area contributed by atoms with E-state index < -0.39 is 17.7 Å². The number of urea groups is 1. The highest BCUT2D eigenvalue weighted by molar-refractivity contribution is 5.95. The molecule has 30 heavy (non-hydrogen) atoms. The van der Waals surface area contributed by atoms with Crippen LogP contribution in [-0.2, 0) is 12.1 Å². The molecule has 1 fully saturated rings. The monoisotopic (exact) mass is 416 g/mol. The Kier molecular flexibility index (Phi) is 4.80. The molecule has 1 aliphatic carbocycles. The van der Waals surface area contributed by atoms with Gasteiger partial charge in [-0.05, 0) is 31.4 Å². The molecule has 0 spiro atoms. The van der Waals surface area contributed by atoms with Gasteiger partial charge < -0.3 is 5.32 Å². The molecule has 1 saturated carbocycles. The van der Waals surface area contributed by atoms with Crippen LogP contribution in [-0.4, -0.2) is 33.2 Å². The highest BCUT2D eigenvalue weighted by Gasteiger charge is 2.63. The Labute approximate surface area is 170 Å². The van der Waals surface area contributed by atoms with Crippen molar-refractivity contribution in [2.24, 2.45) is 5.92 Å². The van der Waals surface area contributed by atoms with E-state index in [1.54, 1.807) is 0 Å². The van der Waals surface area contributed by atoms with Crippen molar-refractivity contribution in [1.82, 2.24) is 14.5 Å². The highest BCUT2D eigenvalue weighted by Crippen LogP contribution is 2.49. The molecule has 0 unspecified atom stereocenters. The number of aromatic nitrogens is 2. The van der Waals surface area contributed by atoms with Gasteiger partial charge >= 0.3 is 12.2 Å². The number of nitrogens with zero attached hydrogens (tertiary/aromatic N) is 3. The lowest BCUT2D eigenvalue weighted by Crippen LogP contribution is -2.61. The lowest BCUT2D eigenvalue weighted by molar-refractivity contribution is -0.206. The van der Waals surface area contributed by atoms with Gasteiger partial charge in [0.05, 0.1) is 12.9 Å². The second-order valence-corrected chi connectivity index (χ2v) is 7.35. The number of alkyl halides is 3. The Morgan fingerprint density at radius 3 is 2.67 bits per heavy atom. The number of nitrogens with one attached hydrogen (secondary N) is 1. The Morgan fingerprint density at radius 1 is 1.27 bits per heavy atom. The zero-order valence-electron chi connectivity index (χ0n) is 16.2. The van der Waals surface area contributed by atoms with E-state index in [9.17, 15) is 22.8 Å². The number of carbonyl (C=O) groups is 1. The fourth-order valence-electron chi connectivity index (χ4n) is 3.61. The standard InChI is InChI=1S/C21H19F3N4O2/c1-2-28-19(30)26-17-11-15(12-27-13-25-10-8-18(27)29)5-6-16(17)20(28,21(22,23)24)9-7-14-3-4-14/h5-6,8,10-11,13-14H,2-4,12H2,1H3,(H,26,30)/t20-/m0/s1. The van der Waals surface area contributed by atoms with Gasteiger partial charge in [0, 0.05) is 36.0 Å². The summed E-state index contributed by atoms with van der Waals surface area (Å²) in [5.41, 5.74) is -2.52. The van der Waals surface area contributed by atoms with Gasteiger partial charge in [-0.3, -0.25) is 14.3 Å². The first kappa shape index (κ1) is 20.0. The van der Waals surface area contributed by atoms with Crippen molar-refractivity contribution < 1.29 is 18.0 Å². The van der Waals surface area contributed by atoms with E-state index in [0.29, 0.717) is 5.56 Å². The van der Waals surface area contributed by atoms with Crippen molar-refractivity contribution in [1.29, 1.82) is 0 Å². The first-order valence-electron chi connectivity index (χ1n) is 9.58. The molecule has 2 heterocycles. The Morgan fingerprint density at radius 2 is 2.03 bits per heavy atom. The molecule has 1 N–H and O–H groups in total. The number of hydrogen-bond acceptors (Lipinski definition) is 3. The molecule has 0 bridgehead atoms. The maximum atomic E-state index is 14.5. The second-order valence-electron chi connectivity index (χ2n) is 7.35. The topological polar surface area (TPSA) is 67.2 Å². The lowest BCUT2D eigenvalue weighted by atomic mass is 9.83. The van der Waals surface area contributed by atoms with E-state index in [1.165, 1.54) is 48.3 Å². The third-order valence-electron chi connectivity index (χ3n) is 5.27. The van der Waals surface area contributed by atoms with Crippen LogP contribution in [0.3, 0.4) is 0 Å². The van der Waals surface area contributed by atoms with E-state index in [0.717, 1.165) is 17.7 Å². The number of hydrogen-bond donors (Lipinski definition) is 1. The van der Waals surface area contributed by atoms with Crippen LogP contribution in [0.2, 0.25) is 0 Å². The predicted molar refractivity (Wildman–Crippen MR) is 104 cm³/mol. The maximum absolute atomic E-state index is 14.5. The van der Waals surface area contributed by atoms with Gasteiger partial charge in [0.25, 0.3) is 5.56 Å². The van der Waals surface area contributed by atoms with Gasteiger partial charge in [-0.2, -0.15) is 13.2 Å². The number of carbonyl (C=O) groups excluding carboxylic acids is 1. The van der Waals surface area contributed by atoms with Crippen LogP contribution < -0.4 is 10.9 Å². The molecule has 4 rings (SSSR count). The van der Waals surface area contributed by atoms with Gasteiger partial charge in [0.2, 0.25) is 5.54 Å². The van der Waals surface area contributed by atoms with Crippen LogP contribution in [0.5, 0.6) is 0 Å². The Hall–Kier alpha value is -3.28. The van der Waals surface area contributed by atoms with Gasteiger partial charge in [-0.15, -0.1) is 0 Å². The summed E-state index contributed by atoms with van der Waals surface area (Å²) in [6, 6.07) is 4.75. The Balaban J connectivity index is 1.84. The molecule has 2 aliphatic rings.